The van der Waals surface area contributed by atoms with Crippen molar-refractivity contribution in [3.8, 4) is 22.3 Å². The lowest BCUT2D eigenvalue weighted by molar-refractivity contribution is 0.363. The SMILES string of the molecule is CC(C)Cc1cccc(-c2ccccc2)c1-c1ccccc1.OP(O)(O)=S. The average Bonchev–Trinajstić information content (AvgIpc) is 2.61. The van der Waals surface area contributed by atoms with E-state index in [4.69, 9.17) is 14.7 Å². The third-order valence-corrected chi connectivity index (χ3v) is 3.93. The van der Waals surface area contributed by atoms with Crippen molar-refractivity contribution in [2.24, 2.45) is 5.92 Å². The van der Waals surface area contributed by atoms with Gasteiger partial charge in [-0.15, -0.1) is 0 Å². The minimum Gasteiger partial charge on any atom is -0.325 e. The van der Waals surface area contributed by atoms with Crippen LogP contribution >= 0.6 is 6.72 Å². The summed E-state index contributed by atoms with van der Waals surface area (Å²) in [4.78, 5) is 22.7. The van der Waals surface area contributed by atoms with Gasteiger partial charge < -0.3 is 14.7 Å². The molecule has 0 bridgehead atoms. The molecule has 27 heavy (non-hydrogen) atoms. The van der Waals surface area contributed by atoms with Crippen LogP contribution in [-0.2, 0) is 18.2 Å². The van der Waals surface area contributed by atoms with E-state index >= 15 is 0 Å². The van der Waals surface area contributed by atoms with Gasteiger partial charge in [0.1, 0.15) is 0 Å². The number of hydrogen-bond acceptors (Lipinski definition) is 1. The van der Waals surface area contributed by atoms with E-state index in [2.05, 4.69) is 105 Å². The lowest BCUT2D eigenvalue weighted by atomic mass is 9.87. The maximum absolute atomic E-state index is 7.56. The zero-order chi connectivity index (χ0) is 19.9. The van der Waals surface area contributed by atoms with E-state index in [1.54, 1.807) is 0 Å². The van der Waals surface area contributed by atoms with Crippen LogP contribution in [0.5, 0.6) is 0 Å². The fourth-order valence-electron chi connectivity index (χ4n) is 3.01. The highest BCUT2D eigenvalue weighted by Gasteiger charge is 2.12. The van der Waals surface area contributed by atoms with Gasteiger partial charge in [0.25, 0.3) is 0 Å². The quantitative estimate of drug-likeness (QED) is 0.513. The summed E-state index contributed by atoms with van der Waals surface area (Å²) in [5.41, 5.74) is 6.72. The van der Waals surface area contributed by atoms with Crippen LogP contribution in [0.15, 0.2) is 78.9 Å². The standard InChI is InChI=1S/C22H22.H3O3PS/c1-17(2)16-20-14-9-15-21(18-10-5-3-6-11-18)22(20)19-12-7-4-8-13-19;1-4(2,3)5/h3-15,17H,16H2,1-2H3;(H3,1,2,3,5). The van der Waals surface area contributed by atoms with Crippen molar-refractivity contribution in [3.63, 3.8) is 0 Å². The third-order valence-electron chi connectivity index (χ3n) is 3.93. The molecule has 0 aliphatic carbocycles. The highest BCUT2D eigenvalue weighted by Crippen LogP contribution is 2.35. The Morgan fingerprint density at radius 1 is 0.741 bits per heavy atom. The van der Waals surface area contributed by atoms with Crippen molar-refractivity contribution in [1.82, 2.24) is 0 Å². The molecular formula is C22H25O3PS. The molecule has 0 aliphatic rings. The fraction of sp³-hybridized carbons (Fsp3) is 0.182. The first-order chi connectivity index (χ1) is 12.8. The second kappa shape index (κ2) is 9.93. The lowest BCUT2D eigenvalue weighted by Crippen LogP contribution is -1.98. The van der Waals surface area contributed by atoms with Gasteiger partial charge in [0, 0.05) is 0 Å². The molecule has 3 N–H and O–H groups in total. The Labute approximate surface area is 166 Å². The normalized spacial score (nSPS) is 11.0. The number of benzene rings is 3. The average molecular weight is 400 g/mol. The molecule has 0 saturated carbocycles. The van der Waals surface area contributed by atoms with Crippen LogP contribution in [0.1, 0.15) is 19.4 Å². The monoisotopic (exact) mass is 400 g/mol. The molecule has 0 unspecified atom stereocenters. The summed E-state index contributed by atoms with van der Waals surface area (Å²) in [6.07, 6.45) is 1.10. The van der Waals surface area contributed by atoms with E-state index < -0.39 is 6.72 Å². The topological polar surface area (TPSA) is 60.7 Å². The smallest absolute Gasteiger partial charge is 0.319 e. The summed E-state index contributed by atoms with van der Waals surface area (Å²) in [5, 5.41) is 0. The van der Waals surface area contributed by atoms with Crippen molar-refractivity contribution in [2.45, 2.75) is 20.3 Å². The molecular weight excluding hydrogens is 375 g/mol. The second-order valence-corrected chi connectivity index (χ2v) is 9.18. The van der Waals surface area contributed by atoms with E-state index in [0.717, 1.165) is 6.42 Å². The van der Waals surface area contributed by atoms with Crippen LogP contribution < -0.4 is 0 Å². The molecule has 3 aromatic carbocycles. The minimum atomic E-state index is -3.81. The maximum Gasteiger partial charge on any atom is 0.319 e. The van der Waals surface area contributed by atoms with Gasteiger partial charge in [0.2, 0.25) is 0 Å². The van der Waals surface area contributed by atoms with Crippen LogP contribution in [0.25, 0.3) is 22.3 Å². The van der Waals surface area contributed by atoms with E-state index in [1.807, 2.05) is 0 Å². The molecule has 0 amide bonds. The van der Waals surface area contributed by atoms with Crippen molar-refractivity contribution < 1.29 is 14.7 Å². The van der Waals surface area contributed by atoms with Gasteiger partial charge in [-0.2, -0.15) is 0 Å². The predicted molar refractivity (Wildman–Crippen MR) is 117 cm³/mol. The fourth-order valence-corrected chi connectivity index (χ4v) is 3.01. The molecule has 0 atom stereocenters. The molecule has 0 fully saturated rings. The van der Waals surface area contributed by atoms with Crippen LogP contribution in [0.2, 0.25) is 0 Å². The van der Waals surface area contributed by atoms with Crippen LogP contribution in [-0.4, -0.2) is 14.7 Å². The zero-order valence-corrected chi connectivity index (χ0v) is 17.2. The number of hydrogen-bond donors (Lipinski definition) is 3. The Bertz CT molecular complexity index is 882. The minimum absolute atomic E-state index is 0.647. The molecule has 3 nitrogen and oxygen atoms in total. The van der Waals surface area contributed by atoms with Crippen molar-refractivity contribution in [1.29, 1.82) is 0 Å². The molecule has 0 saturated heterocycles. The predicted octanol–water partition coefficient (Wildman–Crippen LogP) is 5.41. The first-order valence-electron chi connectivity index (χ1n) is 8.76. The summed E-state index contributed by atoms with van der Waals surface area (Å²) in [6.45, 7) is 0.758. The lowest BCUT2D eigenvalue weighted by Gasteiger charge is -2.17. The van der Waals surface area contributed by atoms with Gasteiger partial charge in [0.05, 0.1) is 0 Å². The third kappa shape index (κ3) is 7.37. The van der Waals surface area contributed by atoms with E-state index in [-0.39, 0.29) is 0 Å². The Morgan fingerprint density at radius 3 is 1.70 bits per heavy atom. The molecule has 0 aromatic heterocycles. The highest BCUT2D eigenvalue weighted by atomic mass is 32.5. The van der Waals surface area contributed by atoms with Crippen LogP contribution in [0, 0.1) is 5.92 Å². The van der Waals surface area contributed by atoms with E-state index in [1.165, 1.54) is 27.8 Å². The first kappa shape index (κ1) is 21.5. The van der Waals surface area contributed by atoms with Crippen molar-refractivity contribution in [2.75, 3.05) is 0 Å². The summed E-state index contributed by atoms with van der Waals surface area (Å²) < 4.78 is 0. The zero-order valence-electron chi connectivity index (χ0n) is 15.5. The van der Waals surface area contributed by atoms with Crippen molar-refractivity contribution >= 4 is 18.5 Å². The Hall–Kier alpha value is -1.81. The molecule has 0 heterocycles. The van der Waals surface area contributed by atoms with Crippen molar-refractivity contribution in [3.05, 3.63) is 84.4 Å². The summed E-state index contributed by atoms with van der Waals surface area (Å²) in [5.74, 6) is 0.647. The van der Waals surface area contributed by atoms with Gasteiger partial charge in [-0.3, -0.25) is 0 Å². The molecule has 0 spiro atoms. The van der Waals surface area contributed by atoms with Gasteiger partial charge in [-0.1, -0.05) is 92.7 Å². The molecule has 3 rings (SSSR count). The maximum atomic E-state index is 7.56. The molecule has 0 aliphatic heterocycles. The highest BCUT2D eigenvalue weighted by molar-refractivity contribution is 8.06. The van der Waals surface area contributed by atoms with Gasteiger partial charge in [-0.25, -0.2) is 0 Å². The first-order valence-corrected chi connectivity index (χ1v) is 11.4. The van der Waals surface area contributed by atoms with E-state index in [9.17, 15) is 0 Å². The van der Waals surface area contributed by atoms with Gasteiger partial charge >= 0.3 is 6.72 Å². The molecule has 142 valence electrons. The van der Waals surface area contributed by atoms with Crippen LogP contribution in [0.4, 0.5) is 0 Å². The van der Waals surface area contributed by atoms with Gasteiger partial charge in [-0.05, 0) is 52.0 Å². The Kier molecular flexibility index (Phi) is 7.91. The summed E-state index contributed by atoms with van der Waals surface area (Å²) in [6, 6.07) is 28.1. The van der Waals surface area contributed by atoms with Crippen LogP contribution in [0.3, 0.4) is 0 Å². The number of rotatable bonds is 4. The largest absolute Gasteiger partial charge is 0.325 e. The molecule has 3 aromatic rings. The summed E-state index contributed by atoms with van der Waals surface area (Å²) >= 11 is 3.60. The molecule has 0 radical (unpaired) electrons. The van der Waals surface area contributed by atoms with E-state index in [0.29, 0.717) is 5.92 Å². The summed E-state index contributed by atoms with van der Waals surface area (Å²) in [7, 11) is 0. The van der Waals surface area contributed by atoms with Gasteiger partial charge in [0.15, 0.2) is 0 Å². The Morgan fingerprint density at radius 2 is 1.22 bits per heavy atom. The Balaban J connectivity index is 0.000000465. The molecule has 5 heteroatoms. The second-order valence-electron chi connectivity index (χ2n) is 6.68.